The van der Waals surface area contributed by atoms with Gasteiger partial charge in [0.2, 0.25) is 5.88 Å². The first-order valence-corrected chi connectivity index (χ1v) is 7.44. The predicted molar refractivity (Wildman–Crippen MR) is 85.4 cm³/mol. The van der Waals surface area contributed by atoms with Crippen LogP contribution in [0.4, 0.5) is 0 Å². The second kappa shape index (κ2) is 4.98. The first kappa shape index (κ1) is 13.1. The number of hydrogen-bond acceptors (Lipinski definition) is 3. The van der Waals surface area contributed by atoms with Crippen LogP contribution in [0.1, 0.15) is 28.9 Å². The Hall–Kier alpha value is -2.62. The molecule has 0 saturated heterocycles. The molecule has 0 atom stereocenters. The third-order valence-corrected chi connectivity index (χ3v) is 4.29. The van der Waals surface area contributed by atoms with Crippen molar-refractivity contribution in [1.29, 1.82) is 0 Å². The van der Waals surface area contributed by atoms with Crippen LogP contribution in [0.15, 0.2) is 36.5 Å². The molecule has 3 aromatic rings. The van der Waals surface area contributed by atoms with Crippen molar-refractivity contribution in [2.24, 2.45) is 0 Å². The van der Waals surface area contributed by atoms with Gasteiger partial charge in [-0.2, -0.15) is 0 Å². The Labute approximate surface area is 128 Å². The monoisotopic (exact) mass is 292 g/mol. The Kier molecular flexibility index (Phi) is 2.96. The van der Waals surface area contributed by atoms with Crippen molar-refractivity contribution in [2.45, 2.75) is 19.3 Å². The highest BCUT2D eigenvalue weighted by molar-refractivity contribution is 6.04. The van der Waals surface area contributed by atoms with Gasteiger partial charge in [-0.05, 0) is 42.2 Å². The number of benzene rings is 1. The van der Waals surface area contributed by atoms with Gasteiger partial charge in [0, 0.05) is 35.2 Å². The fourth-order valence-corrected chi connectivity index (χ4v) is 3.15. The third-order valence-electron chi connectivity index (χ3n) is 4.29. The molecule has 1 aliphatic rings. The molecule has 4 rings (SSSR count). The van der Waals surface area contributed by atoms with E-state index in [4.69, 9.17) is 4.74 Å². The number of nitrogens with zero attached hydrogens (tertiary/aromatic N) is 1. The quantitative estimate of drug-likeness (QED) is 0.782. The minimum absolute atomic E-state index is 0.227. The van der Waals surface area contributed by atoms with Gasteiger partial charge in [-0.25, -0.2) is 4.98 Å². The molecule has 0 bridgehead atoms. The second-order valence-corrected chi connectivity index (χ2v) is 5.60. The average molecular weight is 292 g/mol. The molecule has 2 heterocycles. The lowest BCUT2D eigenvalue weighted by Gasteiger charge is -2.09. The van der Waals surface area contributed by atoms with E-state index in [9.17, 15) is 4.79 Å². The molecule has 0 aliphatic heterocycles. The van der Waals surface area contributed by atoms with Gasteiger partial charge < -0.3 is 9.72 Å². The summed E-state index contributed by atoms with van der Waals surface area (Å²) in [6, 6.07) is 10.1. The first-order valence-electron chi connectivity index (χ1n) is 7.44. The largest absolute Gasteiger partial charge is 0.481 e. The number of nitrogens with one attached hydrogen (secondary N) is 1. The molecule has 4 nitrogen and oxygen atoms in total. The number of aryl methyl sites for hydroxylation is 1. The number of aromatic amines is 1. The van der Waals surface area contributed by atoms with Crippen LogP contribution in [0.5, 0.6) is 5.88 Å². The van der Waals surface area contributed by atoms with E-state index in [-0.39, 0.29) is 5.78 Å². The van der Waals surface area contributed by atoms with Gasteiger partial charge in [0.05, 0.1) is 12.8 Å². The molecule has 110 valence electrons. The van der Waals surface area contributed by atoms with Gasteiger partial charge in [0.15, 0.2) is 5.78 Å². The zero-order valence-electron chi connectivity index (χ0n) is 12.3. The highest BCUT2D eigenvalue weighted by Gasteiger charge is 2.21. The van der Waals surface area contributed by atoms with E-state index >= 15 is 0 Å². The van der Waals surface area contributed by atoms with Crippen molar-refractivity contribution in [2.75, 3.05) is 7.11 Å². The number of carbonyl (C=O) groups is 1. The van der Waals surface area contributed by atoms with E-state index in [1.165, 1.54) is 0 Å². The summed E-state index contributed by atoms with van der Waals surface area (Å²) in [7, 11) is 1.61. The van der Waals surface area contributed by atoms with Crippen molar-refractivity contribution in [3.63, 3.8) is 0 Å². The van der Waals surface area contributed by atoms with Gasteiger partial charge in [0.1, 0.15) is 0 Å². The number of fused-ring (bicyclic) bond motifs is 3. The van der Waals surface area contributed by atoms with Crippen LogP contribution in [0.3, 0.4) is 0 Å². The number of pyridine rings is 1. The molecular weight excluding hydrogens is 276 g/mol. The molecular formula is C18H16N2O2. The minimum atomic E-state index is 0.227. The summed E-state index contributed by atoms with van der Waals surface area (Å²) in [5, 5.41) is 1.15. The minimum Gasteiger partial charge on any atom is -0.481 e. The maximum Gasteiger partial charge on any atom is 0.212 e. The molecule has 0 saturated carbocycles. The van der Waals surface area contributed by atoms with E-state index in [2.05, 4.69) is 22.1 Å². The van der Waals surface area contributed by atoms with Crippen molar-refractivity contribution in [3.8, 4) is 17.0 Å². The summed E-state index contributed by atoms with van der Waals surface area (Å²) in [4.78, 5) is 19.6. The molecule has 0 unspecified atom stereocenters. The van der Waals surface area contributed by atoms with E-state index in [0.29, 0.717) is 12.3 Å². The Morgan fingerprint density at radius 1 is 1.14 bits per heavy atom. The molecule has 0 radical (unpaired) electrons. The fraction of sp³-hybridized carbons (Fsp3) is 0.222. The smallest absolute Gasteiger partial charge is 0.212 e. The van der Waals surface area contributed by atoms with Crippen LogP contribution in [0.2, 0.25) is 0 Å². The van der Waals surface area contributed by atoms with Crippen LogP contribution in [-0.4, -0.2) is 22.9 Å². The highest BCUT2D eigenvalue weighted by Crippen LogP contribution is 2.32. The summed E-state index contributed by atoms with van der Waals surface area (Å²) in [6.07, 6.45) is 4.36. The maximum absolute atomic E-state index is 12.0. The third kappa shape index (κ3) is 1.99. The molecule has 4 heteroatoms. The summed E-state index contributed by atoms with van der Waals surface area (Å²) >= 11 is 0. The van der Waals surface area contributed by atoms with Crippen LogP contribution >= 0.6 is 0 Å². The molecule has 1 aromatic carbocycles. The Morgan fingerprint density at radius 3 is 2.77 bits per heavy atom. The summed E-state index contributed by atoms with van der Waals surface area (Å²) in [5.74, 6) is 0.833. The number of Topliss-reactive ketones (excluding diaryl/α,β-unsaturated/α-hetero) is 1. The number of methoxy groups -OCH3 is 1. The first-order chi connectivity index (χ1) is 10.8. The van der Waals surface area contributed by atoms with Gasteiger partial charge in [-0.15, -0.1) is 0 Å². The number of H-pyrrole nitrogens is 1. The predicted octanol–water partition coefficient (Wildman–Crippen LogP) is 3.76. The number of ether oxygens (including phenoxy) is 1. The number of ketones is 1. The molecule has 1 aliphatic carbocycles. The Morgan fingerprint density at radius 2 is 2.00 bits per heavy atom. The Bertz CT molecular complexity index is 863. The summed E-state index contributed by atoms with van der Waals surface area (Å²) in [6.45, 7) is 0. The standard InChI is InChI=1S/C18H16N2O2/c1-22-17-8-6-12(10-19-17)11-5-7-15-14(9-11)13-3-2-4-16(21)18(13)20-15/h5-10,20H,2-4H2,1H3. The fourth-order valence-electron chi connectivity index (χ4n) is 3.15. The lowest BCUT2D eigenvalue weighted by molar-refractivity contribution is 0.0968. The molecule has 1 N–H and O–H groups in total. The lowest BCUT2D eigenvalue weighted by Crippen LogP contribution is -2.09. The topological polar surface area (TPSA) is 55.0 Å². The lowest BCUT2D eigenvalue weighted by atomic mass is 9.93. The molecule has 0 spiro atoms. The average Bonchev–Trinajstić information content (AvgIpc) is 2.94. The maximum atomic E-state index is 12.0. The second-order valence-electron chi connectivity index (χ2n) is 5.60. The zero-order chi connectivity index (χ0) is 15.1. The van der Waals surface area contributed by atoms with E-state index in [1.54, 1.807) is 7.11 Å². The van der Waals surface area contributed by atoms with E-state index in [0.717, 1.165) is 46.1 Å². The molecule has 0 fully saturated rings. The van der Waals surface area contributed by atoms with E-state index in [1.807, 2.05) is 24.4 Å². The van der Waals surface area contributed by atoms with Gasteiger partial charge in [0.25, 0.3) is 0 Å². The van der Waals surface area contributed by atoms with Gasteiger partial charge in [-0.1, -0.05) is 6.07 Å². The van der Waals surface area contributed by atoms with Crippen LogP contribution in [-0.2, 0) is 6.42 Å². The number of hydrogen-bond donors (Lipinski definition) is 1. The van der Waals surface area contributed by atoms with Crippen molar-refractivity contribution < 1.29 is 9.53 Å². The van der Waals surface area contributed by atoms with Gasteiger partial charge >= 0.3 is 0 Å². The number of rotatable bonds is 2. The molecule has 0 amide bonds. The van der Waals surface area contributed by atoms with Crippen LogP contribution < -0.4 is 4.74 Å². The van der Waals surface area contributed by atoms with Crippen LogP contribution in [0.25, 0.3) is 22.0 Å². The summed E-state index contributed by atoms with van der Waals surface area (Å²) < 4.78 is 5.10. The molecule has 2 aromatic heterocycles. The highest BCUT2D eigenvalue weighted by atomic mass is 16.5. The Balaban J connectivity index is 1.84. The van der Waals surface area contributed by atoms with Crippen molar-refractivity contribution in [3.05, 3.63) is 47.8 Å². The SMILES string of the molecule is COc1ccc(-c2ccc3[nH]c4c(c3c2)CCCC4=O)cn1. The van der Waals surface area contributed by atoms with E-state index < -0.39 is 0 Å². The van der Waals surface area contributed by atoms with Crippen LogP contribution in [0, 0.1) is 0 Å². The molecule has 22 heavy (non-hydrogen) atoms. The normalized spacial score (nSPS) is 14.1. The number of carbonyl (C=O) groups excluding carboxylic acids is 1. The summed E-state index contributed by atoms with van der Waals surface area (Å²) in [5.41, 5.74) is 5.13. The van der Waals surface area contributed by atoms with Crippen molar-refractivity contribution in [1.82, 2.24) is 9.97 Å². The number of aromatic nitrogens is 2. The zero-order valence-corrected chi connectivity index (χ0v) is 12.3. The van der Waals surface area contributed by atoms with Gasteiger partial charge in [-0.3, -0.25) is 4.79 Å². The van der Waals surface area contributed by atoms with Crippen molar-refractivity contribution >= 4 is 16.7 Å².